The van der Waals surface area contributed by atoms with Crippen molar-refractivity contribution in [1.29, 1.82) is 0 Å². The van der Waals surface area contributed by atoms with Crippen LogP contribution in [0.1, 0.15) is 51.5 Å². The van der Waals surface area contributed by atoms with E-state index in [2.05, 4.69) is 0 Å². The summed E-state index contributed by atoms with van der Waals surface area (Å²) in [6.45, 7) is 1.56. The highest BCUT2D eigenvalue weighted by Gasteiger charge is 2.58. The van der Waals surface area contributed by atoms with Crippen molar-refractivity contribution in [3.8, 4) is 0 Å². The second kappa shape index (κ2) is 9.17. The predicted molar refractivity (Wildman–Crippen MR) is 129 cm³/mol. The summed E-state index contributed by atoms with van der Waals surface area (Å²) in [5, 5.41) is 0. The Hall–Kier alpha value is -3.68. The van der Waals surface area contributed by atoms with Crippen LogP contribution in [-0.2, 0) is 9.59 Å². The van der Waals surface area contributed by atoms with E-state index in [4.69, 9.17) is 11.5 Å². The van der Waals surface area contributed by atoms with Crippen LogP contribution in [0.5, 0.6) is 0 Å². The van der Waals surface area contributed by atoms with Gasteiger partial charge in [0.05, 0.1) is 11.8 Å². The molecule has 2 aromatic carbocycles. The molecule has 3 aliphatic rings. The number of amides is 4. The molecule has 3 unspecified atom stereocenters. The van der Waals surface area contributed by atoms with Gasteiger partial charge in [-0.05, 0) is 60.9 Å². The standard InChI is InChI=1S/C27H30N4O4/c28-24(32)21-15-31(23(22(21)25(29)33)20-14-19(20)16-6-2-1-3-7-16)27(35)18-10-8-17(9-11-18)26(34)30-12-4-5-13-30/h1-3,6-11,19-23H,4-5,12-15H2,(H2,28,32)(H2,29,33)/t19-,20-,21?,22?,23?/m0/s1. The van der Waals surface area contributed by atoms with Crippen LogP contribution in [0.2, 0.25) is 0 Å². The van der Waals surface area contributed by atoms with E-state index in [1.165, 1.54) is 0 Å². The van der Waals surface area contributed by atoms with Crippen molar-refractivity contribution in [3.63, 3.8) is 0 Å². The number of nitrogens with zero attached hydrogens (tertiary/aromatic N) is 2. The SMILES string of the molecule is NC(=O)C1CN(C(=O)c2ccc(C(=O)N3CCCC3)cc2)C([C@H]2C[C@H]2c2ccccc2)C1C(N)=O. The zero-order valence-corrected chi connectivity index (χ0v) is 19.5. The maximum Gasteiger partial charge on any atom is 0.254 e. The Labute approximate surface area is 204 Å². The summed E-state index contributed by atoms with van der Waals surface area (Å²) in [5.74, 6) is -3.02. The lowest BCUT2D eigenvalue weighted by Gasteiger charge is -2.28. The molecule has 0 aromatic heterocycles. The smallest absolute Gasteiger partial charge is 0.254 e. The van der Waals surface area contributed by atoms with Gasteiger partial charge in [0, 0.05) is 36.8 Å². The van der Waals surface area contributed by atoms with Gasteiger partial charge in [-0.1, -0.05) is 30.3 Å². The highest BCUT2D eigenvalue weighted by molar-refractivity contribution is 5.99. The van der Waals surface area contributed by atoms with Crippen LogP contribution in [-0.4, -0.2) is 59.1 Å². The Bertz CT molecular complexity index is 1140. The molecule has 4 amide bonds. The highest BCUT2D eigenvalue weighted by atomic mass is 16.2. The van der Waals surface area contributed by atoms with Crippen molar-refractivity contribution in [3.05, 3.63) is 71.3 Å². The Balaban J connectivity index is 1.41. The first-order valence-electron chi connectivity index (χ1n) is 12.2. The lowest BCUT2D eigenvalue weighted by molar-refractivity contribution is -0.130. The van der Waals surface area contributed by atoms with Gasteiger partial charge >= 0.3 is 0 Å². The van der Waals surface area contributed by atoms with Crippen molar-refractivity contribution >= 4 is 23.6 Å². The number of rotatable bonds is 6. The lowest BCUT2D eigenvalue weighted by Crippen LogP contribution is -2.44. The summed E-state index contributed by atoms with van der Waals surface area (Å²) >= 11 is 0. The third-order valence-electron chi connectivity index (χ3n) is 7.79. The monoisotopic (exact) mass is 474 g/mol. The summed E-state index contributed by atoms with van der Waals surface area (Å²) < 4.78 is 0. The van der Waals surface area contributed by atoms with Crippen molar-refractivity contribution in [2.45, 2.75) is 31.2 Å². The van der Waals surface area contributed by atoms with Gasteiger partial charge in [-0.15, -0.1) is 0 Å². The van der Waals surface area contributed by atoms with Gasteiger partial charge in [-0.25, -0.2) is 0 Å². The van der Waals surface area contributed by atoms with Crippen LogP contribution in [0.3, 0.4) is 0 Å². The summed E-state index contributed by atoms with van der Waals surface area (Å²) in [7, 11) is 0. The van der Waals surface area contributed by atoms with Crippen LogP contribution in [0.25, 0.3) is 0 Å². The van der Waals surface area contributed by atoms with Crippen LogP contribution in [0.15, 0.2) is 54.6 Å². The molecule has 8 heteroatoms. The van der Waals surface area contributed by atoms with Crippen molar-refractivity contribution in [1.82, 2.24) is 9.80 Å². The number of primary amides is 2. The first-order chi connectivity index (χ1) is 16.9. The van der Waals surface area contributed by atoms with E-state index in [1.54, 1.807) is 29.2 Å². The second-order valence-electron chi connectivity index (χ2n) is 9.88. The summed E-state index contributed by atoms with van der Waals surface area (Å²) in [4.78, 5) is 54.5. The van der Waals surface area contributed by atoms with Gasteiger partial charge < -0.3 is 21.3 Å². The van der Waals surface area contributed by atoms with E-state index in [1.807, 2.05) is 35.2 Å². The minimum Gasteiger partial charge on any atom is -0.369 e. The molecule has 0 bridgehead atoms. The minimum absolute atomic E-state index is 0.0132. The van der Waals surface area contributed by atoms with Crippen LogP contribution in [0, 0.1) is 17.8 Å². The Morgan fingerprint density at radius 2 is 1.37 bits per heavy atom. The molecule has 8 nitrogen and oxygen atoms in total. The number of nitrogens with two attached hydrogens (primary N) is 2. The molecule has 4 N–H and O–H groups in total. The number of likely N-dealkylation sites (tertiary alicyclic amines) is 2. The molecule has 5 atom stereocenters. The van der Waals surface area contributed by atoms with Crippen LogP contribution < -0.4 is 11.5 Å². The first kappa shape index (κ1) is 23.1. The topological polar surface area (TPSA) is 127 Å². The van der Waals surface area contributed by atoms with Crippen LogP contribution in [0.4, 0.5) is 0 Å². The molecule has 2 aliphatic heterocycles. The molecular weight excluding hydrogens is 444 g/mol. The van der Waals surface area contributed by atoms with Gasteiger partial charge in [0.15, 0.2) is 0 Å². The molecule has 1 saturated carbocycles. The zero-order chi connectivity index (χ0) is 24.7. The van der Waals surface area contributed by atoms with E-state index < -0.39 is 29.7 Å². The van der Waals surface area contributed by atoms with E-state index >= 15 is 0 Å². The van der Waals surface area contributed by atoms with E-state index in [0.29, 0.717) is 11.1 Å². The molecule has 0 radical (unpaired) electrons. The van der Waals surface area contributed by atoms with Gasteiger partial charge in [0.25, 0.3) is 11.8 Å². The van der Waals surface area contributed by atoms with Crippen LogP contribution >= 0.6 is 0 Å². The van der Waals surface area contributed by atoms with Crippen molar-refractivity contribution in [2.24, 2.45) is 29.2 Å². The quantitative estimate of drug-likeness (QED) is 0.661. The Kier molecular flexibility index (Phi) is 6.05. The summed E-state index contributed by atoms with van der Waals surface area (Å²) in [5.41, 5.74) is 13.5. The fourth-order valence-corrected chi connectivity index (χ4v) is 5.93. The normalized spacial score (nSPS) is 27.6. The Morgan fingerprint density at radius 1 is 0.771 bits per heavy atom. The second-order valence-corrected chi connectivity index (χ2v) is 9.88. The maximum absolute atomic E-state index is 13.6. The van der Waals surface area contributed by atoms with Gasteiger partial charge in [0.2, 0.25) is 11.8 Å². The molecule has 3 fully saturated rings. The van der Waals surface area contributed by atoms with Gasteiger partial charge in [-0.3, -0.25) is 19.2 Å². The molecule has 2 saturated heterocycles. The lowest BCUT2D eigenvalue weighted by atomic mass is 9.86. The van der Waals surface area contributed by atoms with E-state index in [0.717, 1.165) is 37.9 Å². The van der Waals surface area contributed by atoms with Gasteiger partial charge in [-0.2, -0.15) is 0 Å². The third kappa shape index (κ3) is 4.29. The molecule has 2 heterocycles. The molecule has 35 heavy (non-hydrogen) atoms. The highest BCUT2D eigenvalue weighted by Crippen LogP contribution is 2.55. The summed E-state index contributed by atoms with van der Waals surface area (Å²) in [6, 6.07) is 16.0. The third-order valence-corrected chi connectivity index (χ3v) is 7.79. The Morgan fingerprint density at radius 3 is 1.94 bits per heavy atom. The molecular formula is C27H30N4O4. The number of hydrogen-bond acceptors (Lipinski definition) is 4. The van der Waals surface area contributed by atoms with E-state index in [9.17, 15) is 19.2 Å². The number of carbonyl (C=O) groups is 4. The molecule has 182 valence electrons. The fraction of sp³-hybridized carbons (Fsp3) is 0.407. The molecule has 1 aliphatic carbocycles. The molecule has 0 spiro atoms. The number of benzene rings is 2. The molecule has 2 aromatic rings. The first-order valence-corrected chi connectivity index (χ1v) is 12.2. The average molecular weight is 475 g/mol. The molecule has 5 rings (SSSR count). The average Bonchev–Trinajstić information content (AvgIpc) is 3.27. The van der Waals surface area contributed by atoms with Gasteiger partial charge in [0.1, 0.15) is 0 Å². The fourth-order valence-electron chi connectivity index (χ4n) is 5.93. The minimum atomic E-state index is -0.828. The van der Waals surface area contributed by atoms with Crippen molar-refractivity contribution in [2.75, 3.05) is 19.6 Å². The number of carbonyl (C=O) groups excluding carboxylic acids is 4. The zero-order valence-electron chi connectivity index (χ0n) is 19.5. The van der Waals surface area contributed by atoms with E-state index in [-0.39, 0.29) is 30.2 Å². The number of hydrogen-bond donors (Lipinski definition) is 2. The maximum atomic E-state index is 13.6. The summed E-state index contributed by atoms with van der Waals surface area (Å²) in [6.07, 6.45) is 2.81. The predicted octanol–water partition coefficient (Wildman–Crippen LogP) is 1.75. The van der Waals surface area contributed by atoms with Crippen molar-refractivity contribution < 1.29 is 19.2 Å². The largest absolute Gasteiger partial charge is 0.369 e.